The molecule has 0 unspecified atom stereocenters. The summed E-state index contributed by atoms with van der Waals surface area (Å²) in [6, 6.07) is 11.0. The Hall–Kier alpha value is -2.07. The zero-order valence-corrected chi connectivity index (χ0v) is 19.5. The van der Waals surface area contributed by atoms with E-state index < -0.39 is 5.97 Å². The molecule has 1 saturated carbocycles. The lowest BCUT2D eigenvalue weighted by atomic mass is 9.72. The molecule has 1 saturated heterocycles. The summed E-state index contributed by atoms with van der Waals surface area (Å²) in [7, 11) is 0. The van der Waals surface area contributed by atoms with Crippen LogP contribution in [0.25, 0.3) is 10.8 Å². The van der Waals surface area contributed by atoms with E-state index in [0.29, 0.717) is 18.1 Å². The summed E-state index contributed by atoms with van der Waals surface area (Å²) in [5.74, 6) is 0.892. The van der Waals surface area contributed by atoms with Crippen LogP contribution in [0.4, 0.5) is 0 Å². The molecule has 2 aromatic carbocycles. The molecule has 0 amide bonds. The molecule has 2 aliphatic rings. The molecule has 1 N–H and O–H groups in total. The maximum atomic E-state index is 11.2. The third kappa shape index (κ3) is 5.23. The second-order valence-corrected chi connectivity index (χ2v) is 10.8. The van der Waals surface area contributed by atoms with Gasteiger partial charge in [-0.25, -0.2) is 0 Å². The Balaban J connectivity index is 1.41. The molecule has 4 rings (SSSR count). The van der Waals surface area contributed by atoms with Crippen molar-refractivity contribution in [2.24, 2.45) is 17.3 Å². The summed E-state index contributed by atoms with van der Waals surface area (Å²) in [6.07, 6.45) is 5.87. The molecule has 1 aliphatic heterocycles. The number of benzene rings is 2. The van der Waals surface area contributed by atoms with E-state index in [4.69, 9.17) is 4.74 Å². The molecule has 4 nitrogen and oxygen atoms in total. The number of likely N-dealkylation sites (tertiary alicyclic amines) is 1. The predicted molar refractivity (Wildman–Crippen MR) is 126 cm³/mol. The van der Waals surface area contributed by atoms with E-state index in [2.05, 4.69) is 62.9 Å². The Bertz CT molecular complexity index is 937. The number of nitrogens with zero attached hydrogens (tertiary/aromatic N) is 1. The van der Waals surface area contributed by atoms with Gasteiger partial charge in [0, 0.05) is 13.1 Å². The first-order chi connectivity index (χ1) is 14.7. The van der Waals surface area contributed by atoms with Crippen molar-refractivity contribution in [3.8, 4) is 5.75 Å². The van der Waals surface area contributed by atoms with E-state index in [1.165, 1.54) is 34.7 Å². The number of aryl methyl sites for hydroxylation is 1. The number of carboxylic acids is 1. The number of ether oxygens (including phenoxy) is 1. The second-order valence-electron chi connectivity index (χ2n) is 10.8. The molecular weight excluding hydrogens is 386 g/mol. The predicted octanol–water partition coefficient (Wildman–Crippen LogP) is 6.04. The van der Waals surface area contributed by atoms with Gasteiger partial charge in [-0.3, -0.25) is 9.69 Å². The third-order valence-corrected chi connectivity index (χ3v) is 7.43. The lowest BCUT2D eigenvalue weighted by Crippen LogP contribution is -2.30. The number of fused-ring (bicyclic) bond motifs is 1. The van der Waals surface area contributed by atoms with Crippen LogP contribution in [-0.2, 0) is 11.3 Å². The number of hydrogen-bond acceptors (Lipinski definition) is 3. The van der Waals surface area contributed by atoms with Gasteiger partial charge < -0.3 is 9.84 Å². The van der Waals surface area contributed by atoms with E-state index in [1.54, 1.807) is 0 Å². The summed E-state index contributed by atoms with van der Waals surface area (Å²) < 4.78 is 6.41. The minimum Gasteiger partial charge on any atom is -0.490 e. The highest BCUT2D eigenvalue weighted by molar-refractivity contribution is 5.87. The van der Waals surface area contributed by atoms with Gasteiger partial charge in [-0.15, -0.1) is 0 Å². The number of carbonyl (C=O) groups is 1. The quantitative estimate of drug-likeness (QED) is 0.637. The van der Waals surface area contributed by atoms with Gasteiger partial charge in [-0.1, -0.05) is 32.9 Å². The maximum Gasteiger partial charge on any atom is 0.307 e. The van der Waals surface area contributed by atoms with Crippen LogP contribution in [0.15, 0.2) is 30.3 Å². The topological polar surface area (TPSA) is 49.8 Å². The lowest BCUT2D eigenvalue weighted by Gasteiger charge is -2.37. The van der Waals surface area contributed by atoms with Gasteiger partial charge in [-0.05, 0) is 97.0 Å². The van der Waals surface area contributed by atoms with Gasteiger partial charge in [0.05, 0.1) is 12.0 Å². The lowest BCUT2D eigenvalue weighted by molar-refractivity contribution is -0.141. The van der Waals surface area contributed by atoms with Crippen molar-refractivity contribution in [2.45, 2.75) is 72.4 Å². The van der Waals surface area contributed by atoms with Crippen molar-refractivity contribution >= 4 is 16.7 Å². The number of hydrogen-bond donors (Lipinski definition) is 1. The summed E-state index contributed by atoms with van der Waals surface area (Å²) in [6.45, 7) is 11.5. The van der Waals surface area contributed by atoms with Crippen LogP contribution >= 0.6 is 0 Å². The smallest absolute Gasteiger partial charge is 0.307 e. The highest BCUT2D eigenvalue weighted by Crippen LogP contribution is 2.39. The van der Waals surface area contributed by atoms with E-state index >= 15 is 0 Å². The largest absolute Gasteiger partial charge is 0.490 e. The van der Waals surface area contributed by atoms with Crippen molar-refractivity contribution in [3.63, 3.8) is 0 Å². The molecule has 1 heterocycles. The fourth-order valence-corrected chi connectivity index (χ4v) is 5.40. The van der Waals surface area contributed by atoms with Crippen LogP contribution < -0.4 is 4.74 Å². The SMILES string of the molecule is Cc1cc(OC2CCC(C(C)(C)C)CC2)cc2ccc(CN3CC[C@@H](C(=O)O)C3)cc12. The molecule has 4 heteroatoms. The Labute approximate surface area is 186 Å². The van der Waals surface area contributed by atoms with Crippen molar-refractivity contribution in [1.82, 2.24) is 4.90 Å². The molecule has 0 aromatic heterocycles. The maximum absolute atomic E-state index is 11.2. The van der Waals surface area contributed by atoms with E-state index in [-0.39, 0.29) is 5.92 Å². The van der Waals surface area contributed by atoms with E-state index in [9.17, 15) is 9.90 Å². The van der Waals surface area contributed by atoms with Gasteiger partial charge in [0.1, 0.15) is 5.75 Å². The minimum absolute atomic E-state index is 0.222. The Morgan fingerprint density at radius 1 is 1.10 bits per heavy atom. The summed E-state index contributed by atoms with van der Waals surface area (Å²) >= 11 is 0. The van der Waals surface area contributed by atoms with Crippen molar-refractivity contribution in [1.29, 1.82) is 0 Å². The van der Waals surface area contributed by atoms with Crippen LogP contribution in [-0.4, -0.2) is 35.2 Å². The van der Waals surface area contributed by atoms with Crippen LogP contribution in [0, 0.1) is 24.2 Å². The van der Waals surface area contributed by atoms with Gasteiger partial charge >= 0.3 is 5.97 Å². The zero-order chi connectivity index (χ0) is 22.2. The summed E-state index contributed by atoms with van der Waals surface area (Å²) in [4.78, 5) is 13.5. The Kier molecular flexibility index (Phi) is 6.30. The molecule has 168 valence electrons. The third-order valence-electron chi connectivity index (χ3n) is 7.43. The Morgan fingerprint density at radius 3 is 2.48 bits per heavy atom. The number of carboxylic acid groups (broad SMARTS) is 1. The molecule has 0 radical (unpaired) electrons. The molecule has 31 heavy (non-hydrogen) atoms. The molecule has 0 bridgehead atoms. The number of aliphatic carboxylic acids is 1. The van der Waals surface area contributed by atoms with E-state index in [0.717, 1.165) is 44.0 Å². The Morgan fingerprint density at radius 2 is 1.84 bits per heavy atom. The van der Waals surface area contributed by atoms with Crippen molar-refractivity contribution < 1.29 is 14.6 Å². The average Bonchev–Trinajstić information content (AvgIpc) is 3.17. The molecular formula is C27H37NO3. The summed E-state index contributed by atoms with van der Waals surface area (Å²) in [5.41, 5.74) is 2.88. The summed E-state index contributed by atoms with van der Waals surface area (Å²) in [5, 5.41) is 11.7. The molecule has 0 spiro atoms. The van der Waals surface area contributed by atoms with Crippen LogP contribution in [0.3, 0.4) is 0 Å². The minimum atomic E-state index is -0.670. The first-order valence-electron chi connectivity index (χ1n) is 11.8. The van der Waals surface area contributed by atoms with Crippen LogP contribution in [0.2, 0.25) is 0 Å². The highest BCUT2D eigenvalue weighted by Gasteiger charge is 2.30. The van der Waals surface area contributed by atoms with Crippen molar-refractivity contribution in [3.05, 3.63) is 41.5 Å². The van der Waals surface area contributed by atoms with Gasteiger partial charge in [0.2, 0.25) is 0 Å². The number of rotatable bonds is 5. The fourth-order valence-electron chi connectivity index (χ4n) is 5.40. The zero-order valence-electron chi connectivity index (χ0n) is 19.5. The van der Waals surface area contributed by atoms with Crippen LogP contribution in [0.5, 0.6) is 5.75 Å². The highest BCUT2D eigenvalue weighted by atomic mass is 16.5. The monoisotopic (exact) mass is 423 g/mol. The average molecular weight is 424 g/mol. The van der Waals surface area contributed by atoms with E-state index in [1.807, 2.05) is 0 Å². The van der Waals surface area contributed by atoms with Crippen LogP contribution in [0.1, 0.15) is 64.0 Å². The van der Waals surface area contributed by atoms with Gasteiger partial charge in [-0.2, -0.15) is 0 Å². The van der Waals surface area contributed by atoms with Crippen molar-refractivity contribution in [2.75, 3.05) is 13.1 Å². The fraction of sp³-hybridized carbons (Fsp3) is 0.593. The molecule has 1 atom stereocenters. The second kappa shape index (κ2) is 8.82. The van der Waals surface area contributed by atoms with Gasteiger partial charge in [0.25, 0.3) is 0 Å². The molecule has 1 aliphatic carbocycles. The van der Waals surface area contributed by atoms with Gasteiger partial charge in [0.15, 0.2) is 0 Å². The standard InChI is InChI=1S/C27H37NO3/c1-18-13-24(31-23-9-7-22(8-10-23)27(2,3)4)15-20-6-5-19(14-25(18)20)16-28-12-11-21(17-28)26(29)30/h5-6,13-15,21-23H,7-12,16-17H2,1-4H3,(H,29,30)/t21-,22?,23?/m1/s1. The normalized spacial score (nSPS) is 25.1. The first kappa shape index (κ1) is 22.1. The first-order valence-corrected chi connectivity index (χ1v) is 11.8. The molecule has 2 aromatic rings. The molecule has 2 fully saturated rings.